The lowest BCUT2D eigenvalue weighted by Gasteiger charge is -2.31. The van der Waals surface area contributed by atoms with E-state index in [-0.39, 0.29) is 17.0 Å². The van der Waals surface area contributed by atoms with Crippen molar-refractivity contribution in [1.82, 2.24) is 9.88 Å². The number of hydrogen-bond acceptors (Lipinski definition) is 4. The molecule has 25 heavy (non-hydrogen) atoms. The molecule has 1 atom stereocenters. The van der Waals surface area contributed by atoms with Gasteiger partial charge in [-0.15, -0.1) is 0 Å². The van der Waals surface area contributed by atoms with Gasteiger partial charge in [-0.1, -0.05) is 13.8 Å². The summed E-state index contributed by atoms with van der Waals surface area (Å²) < 4.78 is 2.03. The molecule has 2 aliphatic heterocycles. The molecule has 0 spiro atoms. The fourth-order valence-corrected chi connectivity index (χ4v) is 4.19. The quantitative estimate of drug-likeness (QED) is 0.891. The van der Waals surface area contributed by atoms with E-state index in [9.17, 15) is 14.7 Å². The largest absolute Gasteiger partial charge is 0.477 e. The highest BCUT2D eigenvalue weighted by molar-refractivity contribution is 5.96. The number of pyridine rings is 1. The van der Waals surface area contributed by atoms with Gasteiger partial charge >= 0.3 is 5.97 Å². The Morgan fingerprint density at radius 3 is 2.64 bits per heavy atom. The first-order valence-electron chi connectivity index (χ1n) is 8.88. The topological polar surface area (TPSA) is 74.6 Å². The average molecular weight is 341 g/mol. The number of carboxylic acids is 1. The maximum Gasteiger partial charge on any atom is 0.341 e. The fourth-order valence-electron chi connectivity index (χ4n) is 4.19. The number of anilines is 1. The van der Waals surface area contributed by atoms with Crippen LogP contribution in [0.5, 0.6) is 0 Å². The lowest BCUT2D eigenvalue weighted by atomic mass is 9.98. The summed E-state index contributed by atoms with van der Waals surface area (Å²) in [6.07, 6.45) is 2.40. The highest BCUT2D eigenvalue weighted by Crippen LogP contribution is 2.40. The van der Waals surface area contributed by atoms with E-state index in [1.807, 2.05) is 16.7 Å². The fraction of sp³-hybridized carbons (Fsp3) is 0.474. The summed E-state index contributed by atoms with van der Waals surface area (Å²) in [5, 5.41) is 13.3. The van der Waals surface area contributed by atoms with Crippen LogP contribution >= 0.6 is 0 Å². The number of piperazine rings is 1. The summed E-state index contributed by atoms with van der Waals surface area (Å²) in [5.74, 6) is -0.798. The summed E-state index contributed by atoms with van der Waals surface area (Å²) in [5.41, 5.74) is 2.78. The number of nitrogens with zero attached hydrogens (tertiary/aromatic N) is 2. The summed E-state index contributed by atoms with van der Waals surface area (Å²) in [7, 11) is 0. The molecule has 1 aromatic carbocycles. The van der Waals surface area contributed by atoms with E-state index in [2.05, 4.69) is 24.1 Å². The van der Waals surface area contributed by atoms with Gasteiger partial charge in [-0.25, -0.2) is 4.79 Å². The standard InChI is InChI=1S/C19H23N3O3/c1-11(2)16-9-13-15(21-7-5-20-6-8-21)4-3-12-17(13)22(16)10-14(18(12)23)19(24)25/h3-4,10-11,16,20H,5-9H2,1-2H3,(H,24,25). The normalized spacial score (nSPS) is 19.8. The van der Waals surface area contributed by atoms with Gasteiger partial charge in [0.15, 0.2) is 0 Å². The van der Waals surface area contributed by atoms with Gasteiger partial charge in [0.05, 0.1) is 5.52 Å². The molecule has 1 aromatic heterocycles. The molecule has 6 heteroatoms. The third kappa shape index (κ3) is 2.43. The molecular weight excluding hydrogens is 318 g/mol. The maximum absolute atomic E-state index is 12.6. The number of aromatic carboxylic acids is 1. The van der Waals surface area contributed by atoms with Gasteiger partial charge in [0, 0.05) is 55.1 Å². The number of carboxylic acid groups (broad SMARTS) is 1. The first-order chi connectivity index (χ1) is 12.0. The van der Waals surface area contributed by atoms with Crippen molar-refractivity contribution in [3.63, 3.8) is 0 Å². The van der Waals surface area contributed by atoms with E-state index in [4.69, 9.17) is 0 Å². The smallest absolute Gasteiger partial charge is 0.341 e. The van der Waals surface area contributed by atoms with Gasteiger partial charge in [0.1, 0.15) is 5.56 Å². The zero-order valence-electron chi connectivity index (χ0n) is 14.6. The second-order valence-corrected chi connectivity index (χ2v) is 7.30. The molecule has 6 nitrogen and oxygen atoms in total. The molecule has 0 amide bonds. The molecule has 3 heterocycles. The van der Waals surface area contributed by atoms with E-state index < -0.39 is 5.97 Å². The van der Waals surface area contributed by atoms with Crippen LogP contribution in [0.4, 0.5) is 5.69 Å². The van der Waals surface area contributed by atoms with Crippen LogP contribution in [0.1, 0.15) is 35.8 Å². The Bertz CT molecular complexity index is 910. The third-order valence-corrected chi connectivity index (χ3v) is 5.50. The van der Waals surface area contributed by atoms with Crippen LogP contribution in [0, 0.1) is 5.92 Å². The zero-order chi connectivity index (χ0) is 17.7. The van der Waals surface area contributed by atoms with Gasteiger partial charge in [0.2, 0.25) is 5.43 Å². The second-order valence-electron chi connectivity index (χ2n) is 7.30. The molecule has 132 valence electrons. The van der Waals surface area contributed by atoms with Gasteiger partial charge in [-0.05, 0) is 24.5 Å². The second kappa shape index (κ2) is 5.88. The molecule has 1 fully saturated rings. The highest BCUT2D eigenvalue weighted by atomic mass is 16.4. The Hall–Kier alpha value is -2.34. The molecule has 1 unspecified atom stereocenters. The van der Waals surface area contributed by atoms with Crippen molar-refractivity contribution in [2.45, 2.75) is 26.3 Å². The van der Waals surface area contributed by atoms with Crippen molar-refractivity contribution in [2.75, 3.05) is 31.1 Å². The molecule has 2 aromatic rings. The summed E-state index contributed by atoms with van der Waals surface area (Å²) in [6, 6.07) is 3.99. The Balaban J connectivity index is 1.98. The van der Waals surface area contributed by atoms with Gasteiger partial charge in [-0.2, -0.15) is 0 Å². The van der Waals surface area contributed by atoms with Gasteiger partial charge < -0.3 is 19.9 Å². The third-order valence-electron chi connectivity index (χ3n) is 5.50. The Morgan fingerprint density at radius 2 is 2.00 bits per heavy atom. The van der Waals surface area contributed by atoms with Crippen LogP contribution in [0.25, 0.3) is 10.9 Å². The van der Waals surface area contributed by atoms with Crippen LogP contribution < -0.4 is 15.6 Å². The zero-order valence-corrected chi connectivity index (χ0v) is 14.6. The lowest BCUT2D eigenvalue weighted by molar-refractivity contribution is 0.0694. The van der Waals surface area contributed by atoms with Crippen molar-refractivity contribution >= 4 is 22.6 Å². The summed E-state index contributed by atoms with van der Waals surface area (Å²) in [6.45, 7) is 8.09. The van der Waals surface area contributed by atoms with Crippen molar-refractivity contribution in [3.8, 4) is 0 Å². The van der Waals surface area contributed by atoms with Crippen LogP contribution in [-0.2, 0) is 6.42 Å². The summed E-state index contributed by atoms with van der Waals surface area (Å²) in [4.78, 5) is 26.5. The minimum absolute atomic E-state index is 0.138. The molecule has 0 aliphatic carbocycles. The van der Waals surface area contributed by atoms with E-state index in [1.54, 1.807) is 6.20 Å². The number of carbonyl (C=O) groups is 1. The van der Waals surface area contributed by atoms with E-state index in [0.717, 1.165) is 38.1 Å². The average Bonchev–Trinajstić information content (AvgIpc) is 2.98. The number of hydrogen-bond donors (Lipinski definition) is 2. The van der Waals surface area contributed by atoms with E-state index >= 15 is 0 Å². The molecule has 0 bridgehead atoms. The van der Waals surface area contributed by atoms with Crippen LogP contribution in [-0.4, -0.2) is 41.8 Å². The van der Waals surface area contributed by atoms with Crippen molar-refractivity contribution in [2.24, 2.45) is 5.92 Å². The molecule has 0 saturated carbocycles. The SMILES string of the molecule is CC(C)C1Cc2c(N3CCNCC3)ccc3c(=O)c(C(=O)O)cn1c23. The predicted molar refractivity (Wildman–Crippen MR) is 97.8 cm³/mol. The molecule has 1 saturated heterocycles. The number of nitrogens with one attached hydrogen (secondary N) is 1. The highest BCUT2D eigenvalue weighted by Gasteiger charge is 2.31. The molecule has 4 rings (SSSR count). The minimum Gasteiger partial charge on any atom is -0.477 e. The van der Waals surface area contributed by atoms with Crippen LogP contribution in [0.15, 0.2) is 23.1 Å². The van der Waals surface area contributed by atoms with Crippen LogP contribution in [0.2, 0.25) is 0 Å². The van der Waals surface area contributed by atoms with E-state index in [0.29, 0.717) is 11.3 Å². The van der Waals surface area contributed by atoms with E-state index in [1.165, 1.54) is 11.3 Å². The minimum atomic E-state index is -1.15. The monoisotopic (exact) mass is 341 g/mol. The molecular formula is C19H23N3O3. The van der Waals surface area contributed by atoms with Crippen molar-refractivity contribution < 1.29 is 9.90 Å². The van der Waals surface area contributed by atoms with Gasteiger partial charge in [-0.3, -0.25) is 4.79 Å². The Morgan fingerprint density at radius 1 is 1.28 bits per heavy atom. The number of aromatic nitrogens is 1. The van der Waals surface area contributed by atoms with Gasteiger partial charge in [0.25, 0.3) is 0 Å². The van der Waals surface area contributed by atoms with Crippen LogP contribution in [0.3, 0.4) is 0 Å². The summed E-state index contributed by atoms with van der Waals surface area (Å²) >= 11 is 0. The Kier molecular flexibility index (Phi) is 3.80. The first-order valence-corrected chi connectivity index (χ1v) is 8.88. The molecule has 2 N–H and O–H groups in total. The first kappa shape index (κ1) is 16.1. The molecule has 2 aliphatic rings. The number of benzene rings is 1. The lowest BCUT2D eigenvalue weighted by Crippen LogP contribution is -2.43. The predicted octanol–water partition coefficient (Wildman–Crippen LogP) is 1.86. The maximum atomic E-state index is 12.6. The van der Waals surface area contributed by atoms with Crippen molar-refractivity contribution in [1.29, 1.82) is 0 Å². The Labute approximate surface area is 146 Å². The molecule has 0 radical (unpaired) electrons. The number of rotatable bonds is 3. The van der Waals surface area contributed by atoms with Crippen molar-refractivity contribution in [3.05, 3.63) is 39.7 Å².